The Morgan fingerprint density at radius 3 is 2.57 bits per heavy atom. The molecule has 2 atom stereocenters. The van der Waals surface area contributed by atoms with Crippen LogP contribution in [0.25, 0.3) is 10.9 Å². The smallest absolute Gasteiger partial charge is 0.221 e. The van der Waals surface area contributed by atoms with Crippen molar-refractivity contribution in [2.45, 2.75) is 38.6 Å². The summed E-state index contributed by atoms with van der Waals surface area (Å²) in [6.45, 7) is 4.09. The van der Waals surface area contributed by atoms with Gasteiger partial charge < -0.3 is 19.8 Å². The van der Waals surface area contributed by atoms with Crippen LogP contribution in [0.15, 0.2) is 48.7 Å². The highest BCUT2D eigenvalue weighted by Gasteiger charge is 2.23. The van der Waals surface area contributed by atoms with Gasteiger partial charge in [0.2, 0.25) is 5.91 Å². The zero-order valence-corrected chi connectivity index (χ0v) is 16.9. The van der Waals surface area contributed by atoms with Crippen LogP contribution in [0.4, 0.5) is 0 Å². The number of aromatic amines is 1. The summed E-state index contributed by atoms with van der Waals surface area (Å²) in [6.07, 6.45) is 3.27. The first-order valence-electron chi connectivity index (χ1n) is 9.64. The van der Waals surface area contributed by atoms with E-state index in [1.54, 1.807) is 14.2 Å². The Balaban J connectivity index is 2.03. The average Bonchev–Trinajstić information content (AvgIpc) is 3.15. The van der Waals surface area contributed by atoms with Crippen LogP contribution in [0.1, 0.15) is 43.7 Å². The monoisotopic (exact) mass is 380 g/mol. The van der Waals surface area contributed by atoms with E-state index in [1.165, 1.54) is 0 Å². The number of hydrogen-bond donors (Lipinski definition) is 2. The molecule has 0 unspecified atom stereocenters. The van der Waals surface area contributed by atoms with E-state index < -0.39 is 0 Å². The normalized spacial score (nSPS) is 13.1. The van der Waals surface area contributed by atoms with Crippen LogP contribution >= 0.6 is 0 Å². The number of rotatable bonds is 8. The zero-order chi connectivity index (χ0) is 20.1. The van der Waals surface area contributed by atoms with E-state index in [2.05, 4.69) is 23.3 Å². The number of amides is 1. The summed E-state index contributed by atoms with van der Waals surface area (Å²) in [4.78, 5) is 16.1. The largest absolute Gasteiger partial charge is 0.493 e. The van der Waals surface area contributed by atoms with Gasteiger partial charge in [-0.3, -0.25) is 4.79 Å². The van der Waals surface area contributed by atoms with E-state index in [-0.39, 0.29) is 17.9 Å². The lowest BCUT2D eigenvalue weighted by Crippen LogP contribution is -2.33. The van der Waals surface area contributed by atoms with Gasteiger partial charge in [-0.25, -0.2) is 0 Å². The van der Waals surface area contributed by atoms with Gasteiger partial charge in [0.15, 0.2) is 11.5 Å². The number of ether oxygens (including phenoxy) is 2. The fourth-order valence-electron chi connectivity index (χ4n) is 3.48. The van der Waals surface area contributed by atoms with Crippen molar-refractivity contribution in [1.29, 1.82) is 0 Å². The number of benzene rings is 2. The number of carbonyl (C=O) groups excluding carboxylic acids is 1. The van der Waals surface area contributed by atoms with Gasteiger partial charge >= 0.3 is 0 Å². The van der Waals surface area contributed by atoms with Crippen molar-refractivity contribution in [3.63, 3.8) is 0 Å². The Kier molecular flexibility index (Phi) is 6.24. The molecule has 0 bridgehead atoms. The lowest BCUT2D eigenvalue weighted by Gasteiger charge is -2.20. The second-order valence-corrected chi connectivity index (χ2v) is 7.04. The van der Waals surface area contributed by atoms with Crippen molar-refractivity contribution in [2.75, 3.05) is 14.2 Å². The third-order valence-corrected chi connectivity index (χ3v) is 5.22. The van der Waals surface area contributed by atoms with Crippen LogP contribution in [0.2, 0.25) is 0 Å². The highest BCUT2D eigenvalue weighted by molar-refractivity contribution is 5.86. The standard InChI is InChI=1S/C23H28N2O3/c1-5-15(2)25-23(26)13-18(16-10-11-21(27-3)22(12-16)28-4)19-14-24-20-9-7-6-8-17(19)20/h6-12,14-15,18,24H,5,13H2,1-4H3,(H,25,26)/t15-,18+/m1/s1. The fourth-order valence-corrected chi connectivity index (χ4v) is 3.48. The summed E-state index contributed by atoms with van der Waals surface area (Å²) >= 11 is 0. The van der Waals surface area contributed by atoms with Crippen LogP contribution < -0.4 is 14.8 Å². The fraction of sp³-hybridized carbons (Fsp3) is 0.348. The molecule has 5 heteroatoms. The summed E-state index contributed by atoms with van der Waals surface area (Å²) in [5.41, 5.74) is 3.18. The zero-order valence-electron chi connectivity index (χ0n) is 16.9. The third kappa shape index (κ3) is 4.14. The van der Waals surface area contributed by atoms with Gasteiger partial charge in [0, 0.05) is 35.5 Å². The number of para-hydroxylation sites is 1. The van der Waals surface area contributed by atoms with Crippen molar-refractivity contribution >= 4 is 16.8 Å². The van der Waals surface area contributed by atoms with E-state index in [9.17, 15) is 4.79 Å². The summed E-state index contributed by atoms with van der Waals surface area (Å²) < 4.78 is 10.9. The number of aromatic nitrogens is 1. The Morgan fingerprint density at radius 2 is 1.86 bits per heavy atom. The molecule has 0 fully saturated rings. The Labute approximate surface area is 166 Å². The molecular formula is C23H28N2O3. The molecule has 148 valence electrons. The van der Waals surface area contributed by atoms with E-state index in [0.29, 0.717) is 17.9 Å². The van der Waals surface area contributed by atoms with Gasteiger partial charge in [-0.2, -0.15) is 0 Å². The molecule has 1 heterocycles. The van der Waals surface area contributed by atoms with Crippen LogP contribution in [0.3, 0.4) is 0 Å². The average molecular weight is 380 g/mol. The molecule has 3 aromatic rings. The summed E-state index contributed by atoms with van der Waals surface area (Å²) in [7, 11) is 3.24. The molecule has 2 aromatic carbocycles. The molecule has 28 heavy (non-hydrogen) atoms. The molecule has 1 amide bonds. The third-order valence-electron chi connectivity index (χ3n) is 5.22. The lowest BCUT2D eigenvalue weighted by atomic mass is 9.87. The molecule has 2 N–H and O–H groups in total. The van der Waals surface area contributed by atoms with Crippen molar-refractivity contribution < 1.29 is 14.3 Å². The molecule has 0 aliphatic rings. The topological polar surface area (TPSA) is 63.4 Å². The Hall–Kier alpha value is -2.95. The van der Waals surface area contributed by atoms with Gasteiger partial charge in [0.1, 0.15) is 0 Å². The maximum Gasteiger partial charge on any atom is 0.221 e. The molecule has 0 saturated carbocycles. The predicted molar refractivity (Wildman–Crippen MR) is 112 cm³/mol. The van der Waals surface area contributed by atoms with E-state index in [0.717, 1.165) is 28.5 Å². The van der Waals surface area contributed by atoms with Crippen molar-refractivity contribution in [2.24, 2.45) is 0 Å². The molecule has 0 aliphatic heterocycles. The van der Waals surface area contributed by atoms with Crippen molar-refractivity contribution in [1.82, 2.24) is 10.3 Å². The minimum atomic E-state index is -0.0972. The summed E-state index contributed by atoms with van der Waals surface area (Å²) in [5.74, 6) is 1.28. The molecule has 5 nitrogen and oxygen atoms in total. The molecular weight excluding hydrogens is 352 g/mol. The van der Waals surface area contributed by atoms with Crippen LogP contribution in [-0.2, 0) is 4.79 Å². The number of hydrogen-bond acceptors (Lipinski definition) is 3. The second-order valence-electron chi connectivity index (χ2n) is 7.04. The van der Waals surface area contributed by atoms with Crippen molar-refractivity contribution in [3.8, 4) is 11.5 Å². The van der Waals surface area contributed by atoms with Gasteiger partial charge in [0.05, 0.1) is 14.2 Å². The van der Waals surface area contributed by atoms with Gasteiger partial charge in [-0.05, 0) is 42.7 Å². The Bertz CT molecular complexity index is 948. The van der Waals surface area contributed by atoms with Gasteiger partial charge in [-0.15, -0.1) is 0 Å². The van der Waals surface area contributed by atoms with Crippen molar-refractivity contribution in [3.05, 3.63) is 59.8 Å². The first kappa shape index (κ1) is 19.8. The maximum absolute atomic E-state index is 12.7. The number of carbonyl (C=O) groups is 1. The van der Waals surface area contributed by atoms with Gasteiger partial charge in [0.25, 0.3) is 0 Å². The minimum Gasteiger partial charge on any atom is -0.493 e. The van der Waals surface area contributed by atoms with E-state index >= 15 is 0 Å². The summed E-state index contributed by atoms with van der Waals surface area (Å²) in [5, 5.41) is 4.21. The Morgan fingerprint density at radius 1 is 1.11 bits per heavy atom. The molecule has 0 spiro atoms. The van der Waals surface area contributed by atoms with Crippen LogP contribution in [0.5, 0.6) is 11.5 Å². The lowest BCUT2D eigenvalue weighted by molar-refractivity contribution is -0.121. The number of nitrogens with one attached hydrogen (secondary N) is 2. The van der Waals surface area contributed by atoms with E-state index in [1.807, 2.05) is 49.5 Å². The summed E-state index contributed by atoms with van der Waals surface area (Å²) in [6, 6.07) is 14.2. The highest BCUT2D eigenvalue weighted by Crippen LogP contribution is 2.37. The minimum absolute atomic E-state index is 0.0411. The molecule has 0 saturated heterocycles. The predicted octanol–water partition coefficient (Wildman–Crippen LogP) is 4.62. The van der Waals surface area contributed by atoms with E-state index in [4.69, 9.17) is 9.47 Å². The number of fused-ring (bicyclic) bond motifs is 1. The first-order valence-corrected chi connectivity index (χ1v) is 9.64. The van der Waals surface area contributed by atoms with Crippen LogP contribution in [-0.4, -0.2) is 31.2 Å². The highest BCUT2D eigenvalue weighted by atomic mass is 16.5. The SMILES string of the molecule is CC[C@@H](C)NC(=O)C[C@@H](c1ccc(OC)c(OC)c1)c1c[nH]c2ccccc12. The molecule has 0 aliphatic carbocycles. The number of H-pyrrole nitrogens is 1. The maximum atomic E-state index is 12.7. The van der Waals surface area contributed by atoms with Crippen LogP contribution in [0, 0.1) is 0 Å². The first-order chi connectivity index (χ1) is 13.6. The molecule has 3 rings (SSSR count). The second kappa shape index (κ2) is 8.83. The molecule has 0 radical (unpaired) electrons. The number of methoxy groups -OCH3 is 2. The quantitative estimate of drug-likeness (QED) is 0.599. The van der Waals surface area contributed by atoms with Gasteiger partial charge in [-0.1, -0.05) is 31.2 Å². The molecule has 1 aromatic heterocycles.